The standard InChI is InChI=1S/C74H120O6/c1-4-7-10-13-16-19-22-24-26-28-30-32-34-35-36-37-38-39-41-42-44-46-48-50-52-55-58-61-64-67-73(76)79-70-71(69-78-72(75)66-63-60-57-54-21-18-15-12-9-6-3)80-74(77)68-65-62-59-56-53-51-49-47-45-43-40-33-31-29-27-25-23-20-17-14-11-8-5-2/h7,10,12,15-16,19,23-26,29-32,35-36,38-40,42-44,48,50,71H,4-6,8-9,11,13-14,17-18,20-22,27-28,33-34,37,41,45-47,49,51-70H2,1-3H3/b10-7-,15-12-,19-16-,25-23-,26-24-,31-29-,32-30-,36-35-,39-38-,43-40-,44-42-,50-48-. The summed E-state index contributed by atoms with van der Waals surface area (Å²) in [5.41, 5.74) is 0. The number of carbonyl (C=O) groups excluding carboxylic acids is 3. The van der Waals surface area contributed by atoms with Gasteiger partial charge >= 0.3 is 17.9 Å². The average Bonchev–Trinajstić information content (AvgIpc) is 3.46. The summed E-state index contributed by atoms with van der Waals surface area (Å²) < 4.78 is 16.9. The van der Waals surface area contributed by atoms with Gasteiger partial charge in [0.05, 0.1) is 0 Å². The van der Waals surface area contributed by atoms with E-state index in [1.165, 1.54) is 83.5 Å². The van der Waals surface area contributed by atoms with Crippen LogP contribution in [0.4, 0.5) is 0 Å². The van der Waals surface area contributed by atoms with Crippen molar-refractivity contribution in [1.82, 2.24) is 0 Å². The van der Waals surface area contributed by atoms with Crippen LogP contribution in [0.15, 0.2) is 146 Å². The van der Waals surface area contributed by atoms with E-state index in [4.69, 9.17) is 14.2 Å². The highest BCUT2D eigenvalue weighted by Gasteiger charge is 2.19. The Balaban J connectivity index is 4.35. The zero-order valence-corrected chi connectivity index (χ0v) is 51.8. The van der Waals surface area contributed by atoms with Gasteiger partial charge in [0, 0.05) is 19.3 Å². The molecule has 0 spiro atoms. The summed E-state index contributed by atoms with van der Waals surface area (Å²) in [4.78, 5) is 38.3. The van der Waals surface area contributed by atoms with Crippen LogP contribution >= 0.6 is 0 Å². The predicted octanol–water partition coefficient (Wildman–Crippen LogP) is 22.7. The predicted molar refractivity (Wildman–Crippen MR) is 348 cm³/mol. The van der Waals surface area contributed by atoms with Crippen molar-refractivity contribution in [2.24, 2.45) is 0 Å². The Hall–Kier alpha value is -4.71. The molecule has 0 heterocycles. The molecule has 452 valence electrons. The molecule has 0 rings (SSSR count). The Morgan fingerprint density at radius 2 is 0.512 bits per heavy atom. The van der Waals surface area contributed by atoms with Crippen molar-refractivity contribution in [2.45, 2.75) is 290 Å². The highest BCUT2D eigenvalue weighted by molar-refractivity contribution is 5.71. The first-order valence-corrected chi connectivity index (χ1v) is 32.8. The summed E-state index contributed by atoms with van der Waals surface area (Å²) in [6.45, 7) is 6.42. The van der Waals surface area contributed by atoms with Crippen molar-refractivity contribution in [3.05, 3.63) is 146 Å². The van der Waals surface area contributed by atoms with Crippen molar-refractivity contribution in [1.29, 1.82) is 0 Å². The van der Waals surface area contributed by atoms with Crippen LogP contribution in [-0.4, -0.2) is 37.2 Å². The summed E-state index contributed by atoms with van der Waals surface area (Å²) in [5.74, 6) is -0.943. The molecular formula is C74H120O6. The molecule has 0 saturated heterocycles. The lowest BCUT2D eigenvalue weighted by Crippen LogP contribution is -2.30. The van der Waals surface area contributed by atoms with Gasteiger partial charge in [-0.25, -0.2) is 0 Å². The van der Waals surface area contributed by atoms with Crippen molar-refractivity contribution in [2.75, 3.05) is 13.2 Å². The van der Waals surface area contributed by atoms with E-state index in [-0.39, 0.29) is 31.1 Å². The Labute approximate surface area is 493 Å². The minimum atomic E-state index is -0.803. The first-order valence-electron chi connectivity index (χ1n) is 32.8. The number of esters is 3. The number of rotatable bonds is 58. The smallest absolute Gasteiger partial charge is 0.306 e. The van der Waals surface area contributed by atoms with Crippen molar-refractivity contribution in [3.63, 3.8) is 0 Å². The fourth-order valence-corrected chi connectivity index (χ4v) is 8.64. The van der Waals surface area contributed by atoms with Crippen LogP contribution in [0.25, 0.3) is 0 Å². The van der Waals surface area contributed by atoms with Crippen molar-refractivity contribution < 1.29 is 28.6 Å². The molecule has 0 amide bonds. The molecular weight excluding hydrogens is 985 g/mol. The maximum atomic E-state index is 12.9. The molecule has 0 aromatic carbocycles. The SMILES string of the molecule is CC/C=C\C/C=C\C/C=C\C/C=C\C/C=C\C/C=C\C/C=C\C/C=C\CCCCCCC(=O)OCC(COC(=O)CCCCCCC/C=C\CCC)OC(=O)CCCCCCCCCC/C=C\C/C=C\C/C=C\CCCCCCC. The number of allylic oxidation sites excluding steroid dienone is 24. The number of hydrogen-bond donors (Lipinski definition) is 0. The third kappa shape index (κ3) is 64.1. The topological polar surface area (TPSA) is 78.9 Å². The molecule has 0 radical (unpaired) electrons. The highest BCUT2D eigenvalue weighted by Crippen LogP contribution is 2.14. The second kappa shape index (κ2) is 66.8. The van der Waals surface area contributed by atoms with Gasteiger partial charge in [-0.2, -0.15) is 0 Å². The van der Waals surface area contributed by atoms with Gasteiger partial charge in [-0.3, -0.25) is 14.4 Å². The van der Waals surface area contributed by atoms with E-state index in [0.29, 0.717) is 19.3 Å². The van der Waals surface area contributed by atoms with Crippen LogP contribution < -0.4 is 0 Å². The number of ether oxygens (including phenoxy) is 3. The maximum absolute atomic E-state index is 12.9. The number of unbranched alkanes of at least 4 members (excludes halogenated alkanes) is 23. The fraction of sp³-hybridized carbons (Fsp3) is 0.635. The molecule has 0 aliphatic heterocycles. The lowest BCUT2D eigenvalue weighted by Gasteiger charge is -2.18. The Morgan fingerprint density at radius 3 is 0.825 bits per heavy atom. The van der Waals surface area contributed by atoms with Gasteiger partial charge in [-0.05, 0) is 141 Å². The monoisotopic (exact) mass is 1100 g/mol. The Kier molecular flexibility index (Phi) is 62.9. The van der Waals surface area contributed by atoms with Crippen LogP contribution in [0.2, 0.25) is 0 Å². The highest BCUT2D eigenvalue weighted by atomic mass is 16.6. The Morgan fingerprint density at radius 1 is 0.263 bits per heavy atom. The van der Waals surface area contributed by atoms with Crippen LogP contribution in [0.1, 0.15) is 284 Å². The summed E-state index contributed by atoms with van der Waals surface area (Å²) in [6.07, 6.45) is 95.7. The average molecular weight is 1110 g/mol. The zero-order valence-electron chi connectivity index (χ0n) is 51.8. The first-order chi connectivity index (χ1) is 39.5. The van der Waals surface area contributed by atoms with E-state index >= 15 is 0 Å². The normalized spacial score (nSPS) is 13.1. The van der Waals surface area contributed by atoms with Gasteiger partial charge in [0.15, 0.2) is 6.10 Å². The minimum absolute atomic E-state index is 0.0984. The molecule has 0 bridgehead atoms. The van der Waals surface area contributed by atoms with E-state index < -0.39 is 6.10 Å². The van der Waals surface area contributed by atoms with Gasteiger partial charge in [0.1, 0.15) is 13.2 Å². The van der Waals surface area contributed by atoms with E-state index in [9.17, 15) is 14.4 Å². The van der Waals surface area contributed by atoms with Crippen LogP contribution in [0, 0.1) is 0 Å². The molecule has 6 nitrogen and oxygen atoms in total. The fourth-order valence-electron chi connectivity index (χ4n) is 8.64. The molecule has 0 aliphatic rings. The molecule has 0 fully saturated rings. The molecule has 0 saturated carbocycles. The second-order valence-electron chi connectivity index (χ2n) is 21.3. The number of hydrogen-bond acceptors (Lipinski definition) is 6. The van der Waals surface area contributed by atoms with Crippen LogP contribution in [0.3, 0.4) is 0 Å². The zero-order chi connectivity index (χ0) is 57.8. The quantitative estimate of drug-likeness (QED) is 0.0261. The largest absolute Gasteiger partial charge is 0.462 e. The van der Waals surface area contributed by atoms with Crippen molar-refractivity contribution in [3.8, 4) is 0 Å². The summed E-state index contributed by atoms with van der Waals surface area (Å²) in [6, 6.07) is 0. The lowest BCUT2D eigenvalue weighted by atomic mass is 10.1. The molecule has 0 aromatic heterocycles. The molecule has 1 atom stereocenters. The third-order valence-corrected chi connectivity index (χ3v) is 13.5. The van der Waals surface area contributed by atoms with Gasteiger partial charge in [-0.15, -0.1) is 0 Å². The van der Waals surface area contributed by atoms with E-state index in [1.807, 2.05) is 0 Å². The molecule has 6 heteroatoms. The second-order valence-corrected chi connectivity index (χ2v) is 21.3. The van der Waals surface area contributed by atoms with E-state index in [1.54, 1.807) is 0 Å². The number of carbonyl (C=O) groups is 3. The lowest BCUT2D eigenvalue weighted by molar-refractivity contribution is -0.167. The Bertz CT molecular complexity index is 1750. The first kappa shape index (κ1) is 75.3. The summed E-state index contributed by atoms with van der Waals surface area (Å²) >= 11 is 0. The van der Waals surface area contributed by atoms with Gasteiger partial charge in [-0.1, -0.05) is 269 Å². The molecule has 0 aliphatic carbocycles. The van der Waals surface area contributed by atoms with E-state index in [0.717, 1.165) is 161 Å². The molecule has 80 heavy (non-hydrogen) atoms. The van der Waals surface area contributed by atoms with Crippen LogP contribution in [-0.2, 0) is 28.6 Å². The van der Waals surface area contributed by atoms with Crippen LogP contribution in [0.5, 0.6) is 0 Å². The van der Waals surface area contributed by atoms with E-state index in [2.05, 4.69) is 167 Å². The van der Waals surface area contributed by atoms with Crippen molar-refractivity contribution >= 4 is 17.9 Å². The summed E-state index contributed by atoms with van der Waals surface area (Å²) in [5, 5.41) is 0. The van der Waals surface area contributed by atoms with Gasteiger partial charge in [0.2, 0.25) is 0 Å². The molecule has 0 aromatic rings. The molecule has 0 N–H and O–H groups in total. The van der Waals surface area contributed by atoms with Gasteiger partial charge < -0.3 is 14.2 Å². The van der Waals surface area contributed by atoms with Gasteiger partial charge in [0.25, 0.3) is 0 Å². The summed E-state index contributed by atoms with van der Waals surface area (Å²) in [7, 11) is 0. The minimum Gasteiger partial charge on any atom is -0.462 e. The third-order valence-electron chi connectivity index (χ3n) is 13.5. The molecule has 1 unspecified atom stereocenters. The maximum Gasteiger partial charge on any atom is 0.306 e.